The van der Waals surface area contributed by atoms with Gasteiger partial charge in [0.1, 0.15) is 10.6 Å². The van der Waals surface area contributed by atoms with Crippen LogP contribution >= 0.6 is 11.6 Å². The molecular weight excluding hydrogens is 224 g/mol. The zero-order valence-corrected chi connectivity index (χ0v) is 9.52. The van der Waals surface area contributed by atoms with E-state index in [0.29, 0.717) is 5.75 Å². The molecule has 0 amide bonds. The van der Waals surface area contributed by atoms with E-state index < -0.39 is 9.84 Å². The fourth-order valence-electron chi connectivity index (χ4n) is 1.09. The van der Waals surface area contributed by atoms with Gasteiger partial charge in [-0.25, -0.2) is 8.42 Å². The van der Waals surface area contributed by atoms with Crippen LogP contribution in [-0.4, -0.2) is 21.8 Å². The molecule has 0 radical (unpaired) electrons. The number of benzene rings is 1. The van der Waals surface area contributed by atoms with Crippen LogP contribution in [0.3, 0.4) is 0 Å². The molecule has 0 aliphatic rings. The summed E-state index contributed by atoms with van der Waals surface area (Å²) in [6, 6.07) is 4.87. The van der Waals surface area contributed by atoms with Gasteiger partial charge < -0.3 is 4.74 Å². The predicted molar refractivity (Wildman–Crippen MR) is 55.7 cm³/mol. The maximum Gasteiger partial charge on any atom is 0.179 e. The molecule has 0 bridgehead atoms. The van der Waals surface area contributed by atoms with Gasteiger partial charge in [0, 0.05) is 12.1 Å². The Labute approximate surface area is 88.6 Å². The summed E-state index contributed by atoms with van der Waals surface area (Å²) >= 11 is 5.61. The molecular formula is C9H11ClO3S. The number of hydrogen-bond acceptors (Lipinski definition) is 3. The summed E-state index contributed by atoms with van der Waals surface area (Å²) in [4.78, 5) is 0.179. The van der Waals surface area contributed by atoms with Crippen LogP contribution in [0.4, 0.5) is 0 Å². The summed E-state index contributed by atoms with van der Waals surface area (Å²) < 4.78 is 27.7. The molecule has 1 rings (SSSR count). The van der Waals surface area contributed by atoms with Crippen LogP contribution < -0.4 is 4.74 Å². The van der Waals surface area contributed by atoms with E-state index in [9.17, 15) is 8.42 Å². The summed E-state index contributed by atoms with van der Waals surface area (Å²) in [6.45, 7) is 0. The average molecular weight is 235 g/mol. The minimum atomic E-state index is -3.26. The second kappa shape index (κ2) is 4.19. The second-order valence-corrected chi connectivity index (χ2v) is 5.14. The van der Waals surface area contributed by atoms with Gasteiger partial charge in [0.15, 0.2) is 9.84 Å². The standard InChI is InChI=1S/C9H11ClO3S/c1-13-8-4-3-7(6-10)5-9(8)14(2,11)12/h3-5H,6H2,1-2H3. The minimum Gasteiger partial charge on any atom is -0.495 e. The van der Waals surface area contributed by atoms with E-state index in [1.54, 1.807) is 12.1 Å². The van der Waals surface area contributed by atoms with Crippen molar-refractivity contribution >= 4 is 21.4 Å². The molecule has 0 aliphatic heterocycles. The van der Waals surface area contributed by atoms with Crippen molar-refractivity contribution in [1.29, 1.82) is 0 Å². The smallest absolute Gasteiger partial charge is 0.179 e. The Morgan fingerprint density at radius 2 is 2.07 bits per heavy atom. The van der Waals surface area contributed by atoms with Crippen molar-refractivity contribution in [3.05, 3.63) is 23.8 Å². The van der Waals surface area contributed by atoms with Crippen LogP contribution in [0.1, 0.15) is 5.56 Å². The molecule has 0 unspecified atom stereocenters. The predicted octanol–water partition coefficient (Wildman–Crippen LogP) is 1.84. The van der Waals surface area contributed by atoms with Gasteiger partial charge in [-0.15, -0.1) is 11.6 Å². The zero-order valence-electron chi connectivity index (χ0n) is 7.95. The van der Waals surface area contributed by atoms with Gasteiger partial charge in [0.25, 0.3) is 0 Å². The first kappa shape index (κ1) is 11.3. The minimum absolute atomic E-state index is 0.179. The van der Waals surface area contributed by atoms with Crippen LogP contribution in [0.15, 0.2) is 23.1 Å². The van der Waals surface area contributed by atoms with Gasteiger partial charge in [-0.05, 0) is 17.7 Å². The highest BCUT2D eigenvalue weighted by Crippen LogP contribution is 2.25. The molecule has 0 heterocycles. The first-order valence-corrected chi connectivity index (χ1v) is 6.34. The number of methoxy groups -OCH3 is 1. The topological polar surface area (TPSA) is 43.4 Å². The van der Waals surface area contributed by atoms with E-state index >= 15 is 0 Å². The molecule has 0 spiro atoms. The molecule has 78 valence electrons. The molecule has 0 aliphatic carbocycles. The monoisotopic (exact) mass is 234 g/mol. The number of rotatable bonds is 3. The Balaban J connectivity index is 3.37. The Hall–Kier alpha value is -0.740. The average Bonchev–Trinajstić information content (AvgIpc) is 2.15. The summed E-state index contributed by atoms with van der Waals surface area (Å²) in [6.07, 6.45) is 1.14. The van der Waals surface area contributed by atoms with Crippen LogP contribution in [0.25, 0.3) is 0 Å². The first-order valence-electron chi connectivity index (χ1n) is 3.92. The van der Waals surface area contributed by atoms with Crippen molar-refractivity contribution in [2.45, 2.75) is 10.8 Å². The molecule has 0 fully saturated rings. The largest absolute Gasteiger partial charge is 0.495 e. The number of hydrogen-bond donors (Lipinski definition) is 0. The van der Waals surface area contributed by atoms with Crippen LogP contribution in [0.2, 0.25) is 0 Å². The molecule has 0 aromatic heterocycles. The van der Waals surface area contributed by atoms with Crippen molar-refractivity contribution < 1.29 is 13.2 Å². The number of halogens is 1. The fraction of sp³-hybridized carbons (Fsp3) is 0.333. The first-order chi connectivity index (χ1) is 6.49. The lowest BCUT2D eigenvalue weighted by molar-refractivity contribution is 0.402. The number of sulfone groups is 1. The van der Waals surface area contributed by atoms with Gasteiger partial charge in [-0.1, -0.05) is 6.07 Å². The van der Waals surface area contributed by atoms with Gasteiger partial charge in [0.2, 0.25) is 0 Å². The van der Waals surface area contributed by atoms with Crippen molar-refractivity contribution in [2.75, 3.05) is 13.4 Å². The van der Waals surface area contributed by atoms with Crippen LogP contribution in [0, 0.1) is 0 Å². The highest BCUT2D eigenvalue weighted by molar-refractivity contribution is 7.90. The molecule has 1 aromatic rings. The van der Waals surface area contributed by atoms with Gasteiger partial charge in [0.05, 0.1) is 7.11 Å². The van der Waals surface area contributed by atoms with Crippen molar-refractivity contribution in [3.8, 4) is 5.75 Å². The van der Waals surface area contributed by atoms with Gasteiger partial charge in [-0.2, -0.15) is 0 Å². The molecule has 1 aromatic carbocycles. The molecule has 3 nitrogen and oxygen atoms in total. The summed E-state index contributed by atoms with van der Waals surface area (Å²) in [5.41, 5.74) is 0.757. The normalized spacial score (nSPS) is 11.4. The third-order valence-electron chi connectivity index (χ3n) is 1.78. The quantitative estimate of drug-likeness (QED) is 0.750. The molecule has 0 atom stereocenters. The van der Waals surface area contributed by atoms with E-state index in [1.165, 1.54) is 13.2 Å². The lowest BCUT2D eigenvalue weighted by Crippen LogP contribution is -2.01. The van der Waals surface area contributed by atoms with E-state index in [1.807, 2.05) is 0 Å². The maximum absolute atomic E-state index is 11.4. The van der Waals surface area contributed by atoms with Crippen molar-refractivity contribution in [3.63, 3.8) is 0 Å². The highest BCUT2D eigenvalue weighted by atomic mass is 35.5. The SMILES string of the molecule is COc1ccc(CCl)cc1S(C)(=O)=O. The second-order valence-electron chi connectivity index (χ2n) is 2.89. The van der Waals surface area contributed by atoms with E-state index in [4.69, 9.17) is 16.3 Å². The summed E-state index contributed by atoms with van der Waals surface area (Å²) in [5.74, 6) is 0.633. The lowest BCUT2D eigenvalue weighted by atomic mass is 10.2. The Kier molecular flexibility index (Phi) is 3.39. The third-order valence-corrected chi connectivity index (χ3v) is 3.21. The van der Waals surface area contributed by atoms with E-state index in [2.05, 4.69) is 0 Å². The Morgan fingerprint density at radius 1 is 1.43 bits per heavy atom. The zero-order chi connectivity index (χ0) is 10.8. The van der Waals surface area contributed by atoms with Crippen molar-refractivity contribution in [2.24, 2.45) is 0 Å². The van der Waals surface area contributed by atoms with Crippen LogP contribution in [-0.2, 0) is 15.7 Å². The number of ether oxygens (including phenoxy) is 1. The lowest BCUT2D eigenvalue weighted by Gasteiger charge is -2.07. The molecule has 14 heavy (non-hydrogen) atoms. The molecule has 5 heteroatoms. The highest BCUT2D eigenvalue weighted by Gasteiger charge is 2.14. The molecule has 0 N–H and O–H groups in total. The van der Waals surface area contributed by atoms with Crippen LogP contribution in [0.5, 0.6) is 5.75 Å². The fourth-order valence-corrected chi connectivity index (χ4v) is 2.14. The summed E-state index contributed by atoms with van der Waals surface area (Å²) in [5, 5.41) is 0. The van der Waals surface area contributed by atoms with Gasteiger partial charge >= 0.3 is 0 Å². The summed E-state index contributed by atoms with van der Waals surface area (Å²) in [7, 11) is -1.83. The van der Waals surface area contributed by atoms with Gasteiger partial charge in [-0.3, -0.25) is 0 Å². The Morgan fingerprint density at radius 3 is 2.50 bits per heavy atom. The molecule has 0 saturated heterocycles. The van der Waals surface area contributed by atoms with E-state index in [0.717, 1.165) is 11.8 Å². The molecule has 0 saturated carbocycles. The maximum atomic E-state index is 11.4. The van der Waals surface area contributed by atoms with Crippen molar-refractivity contribution in [1.82, 2.24) is 0 Å². The van der Waals surface area contributed by atoms with E-state index in [-0.39, 0.29) is 10.8 Å². The third kappa shape index (κ3) is 2.39. The Bertz CT molecular complexity index is 426. The number of alkyl halides is 1.